The van der Waals surface area contributed by atoms with Crippen molar-refractivity contribution >= 4 is 39.5 Å². The molecule has 0 bridgehead atoms. The van der Waals surface area contributed by atoms with E-state index in [0.717, 1.165) is 102 Å². The highest BCUT2D eigenvalue weighted by atomic mass is 31.2. The minimum Gasteiger partial charge on any atom is -0.462 e. The summed E-state index contributed by atoms with van der Waals surface area (Å²) in [7, 11) is -9.90. The van der Waals surface area contributed by atoms with E-state index >= 15 is 0 Å². The average molecular weight is 1310 g/mol. The van der Waals surface area contributed by atoms with Crippen LogP contribution in [0.5, 0.6) is 0 Å². The molecule has 0 rings (SSSR count). The zero-order chi connectivity index (χ0) is 65.9. The second-order valence-corrected chi connectivity index (χ2v) is 29.6. The molecule has 0 aliphatic carbocycles. The normalized spacial score (nSPS) is 14.2. The third-order valence-electron chi connectivity index (χ3n) is 16.1. The van der Waals surface area contributed by atoms with Crippen molar-refractivity contribution in [3.05, 3.63) is 0 Å². The lowest BCUT2D eigenvalue weighted by Gasteiger charge is -2.21. The first kappa shape index (κ1) is 87.1. The van der Waals surface area contributed by atoms with Crippen LogP contribution >= 0.6 is 15.6 Å². The average Bonchev–Trinajstić information content (AvgIpc) is 3.70. The standard InChI is InChI=1S/C70H136O17P2/c1-8-9-10-11-12-13-14-15-16-17-18-23-26-29-39-46-53-69(74)86-65(57-80-67(72)51-44-37-28-25-22-20-19-21-24-27-34-41-48-61(2)3)59-84-88(76,77)82-55-64(71)56-83-89(78,79)85-60-66(87-70(75)54-47-40-33-31-36-43-50-63(6)7)58-81-68(73)52-45-38-32-30-35-42-49-62(4)5/h61-66,71H,8-60H2,1-7H3,(H,76,77)(H,78,79)/t64-,65-,66-/m1/s1. The number of unbranched alkanes of at least 4 members (excludes halogenated alkanes) is 36. The molecule has 0 saturated carbocycles. The zero-order valence-electron chi connectivity index (χ0n) is 57.9. The molecule has 0 aromatic heterocycles. The van der Waals surface area contributed by atoms with Gasteiger partial charge in [-0.15, -0.1) is 0 Å². The van der Waals surface area contributed by atoms with Crippen LogP contribution in [-0.2, 0) is 65.4 Å². The maximum absolute atomic E-state index is 13.0. The second kappa shape index (κ2) is 61.0. The fourth-order valence-electron chi connectivity index (χ4n) is 10.5. The van der Waals surface area contributed by atoms with Gasteiger partial charge in [-0.2, -0.15) is 0 Å². The number of carbonyl (C=O) groups is 4. The van der Waals surface area contributed by atoms with Crippen LogP contribution in [0.3, 0.4) is 0 Å². The Balaban J connectivity index is 5.22. The van der Waals surface area contributed by atoms with Crippen molar-refractivity contribution in [3.63, 3.8) is 0 Å². The number of rotatable bonds is 68. The van der Waals surface area contributed by atoms with Crippen molar-refractivity contribution in [2.75, 3.05) is 39.6 Å². The molecular formula is C70H136O17P2. The molecule has 528 valence electrons. The molecule has 0 aliphatic rings. The predicted molar refractivity (Wildman–Crippen MR) is 358 cm³/mol. The van der Waals surface area contributed by atoms with Gasteiger partial charge in [-0.25, -0.2) is 9.13 Å². The molecule has 2 unspecified atom stereocenters. The number of aliphatic hydroxyl groups is 1. The summed E-state index contributed by atoms with van der Waals surface area (Å²) in [6.07, 6.45) is 44.8. The molecule has 0 aliphatic heterocycles. The van der Waals surface area contributed by atoms with Gasteiger partial charge in [0.2, 0.25) is 0 Å². The monoisotopic (exact) mass is 1310 g/mol. The predicted octanol–water partition coefficient (Wildman–Crippen LogP) is 19.8. The number of phosphoric acid groups is 2. The molecule has 17 nitrogen and oxygen atoms in total. The van der Waals surface area contributed by atoms with Crippen molar-refractivity contribution in [1.82, 2.24) is 0 Å². The largest absolute Gasteiger partial charge is 0.472 e. The first-order valence-corrected chi connectivity index (χ1v) is 39.3. The molecule has 89 heavy (non-hydrogen) atoms. The third-order valence-corrected chi connectivity index (χ3v) is 18.0. The Morgan fingerprint density at radius 2 is 0.517 bits per heavy atom. The highest BCUT2D eigenvalue weighted by Crippen LogP contribution is 2.45. The first-order chi connectivity index (χ1) is 42.7. The van der Waals surface area contributed by atoms with Gasteiger partial charge >= 0.3 is 39.5 Å². The zero-order valence-corrected chi connectivity index (χ0v) is 59.7. The quantitative estimate of drug-likeness (QED) is 0.0222. The maximum Gasteiger partial charge on any atom is 0.472 e. The number of esters is 4. The van der Waals surface area contributed by atoms with Crippen LogP contribution in [0.2, 0.25) is 0 Å². The molecule has 5 atom stereocenters. The molecule has 0 aromatic rings. The van der Waals surface area contributed by atoms with E-state index in [1.54, 1.807) is 0 Å². The smallest absolute Gasteiger partial charge is 0.462 e. The summed E-state index contributed by atoms with van der Waals surface area (Å²) in [5, 5.41) is 10.6. The number of hydrogen-bond donors (Lipinski definition) is 3. The van der Waals surface area contributed by atoms with Gasteiger partial charge in [0.15, 0.2) is 12.2 Å². The summed E-state index contributed by atoms with van der Waals surface area (Å²) in [5.74, 6) is -0.00115. The van der Waals surface area contributed by atoms with Crippen LogP contribution in [0.4, 0.5) is 0 Å². The molecule has 0 saturated heterocycles. The second-order valence-electron chi connectivity index (χ2n) is 26.7. The van der Waals surface area contributed by atoms with Crippen LogP contribution < -0.4 is 0 Å². The Morgan fingerprint density at radius 1 is 0.303 bits per heavy atom. The molecule has 3 N–H and O–H groups in total. The lowest BCUT2D eigenvalue weighted by molar-refractivity contribution is -0.161. The Kier molecular flexibility index (Phi) is 59.6. The minimum atomic E-state index is -4.95. The van der Waals surface area contributed by atoms with Crippen molar-refractivity contribution in [1.29, 1.82) is 0 Å². The molecule has 0 amide bonds. The molecular weight excluding hydrogens is 1170 g/mol. The number of carbonyl (C=O) groups excluding carboxylic acids is 4. The summed E-state index contributed by atoms with van der Waals surface area (Å²) >= 11 is 0. The first-order valence-electron chi connectivity index (χ1n) is 36.3. The molecule has 0 heterocycles. The highest BCUT2D eigenvalue weighted by Gasteiger charge is 2.30. The SMILES string of the molecule is CCCCCCCCCCCCCCCCCCC(=O)O[C@H](COC(=O)CCCCCCCCCCCCCCC(C)C)COP(=O)(O)OC[C@@H](O)COP(=O)(O)OC[C@@H](COC(=O)CCCCCCCCC(C)C)OC(=O)CCCCCCCCC(C)C. The van der Waals surface area contributed by atoms with Crippen LogP contribution in [0.25, 0.3) is 0 Å². The van der Waals surface area contributed by atoms with Gasteiger partial charge in [0.25, 0.3) is 0 Å². The van der Waals surface area contributed by atoms with Gasteiger partial charge in [-0.3, -0.25) is 37.3 Å². The summed E-state index contributed by atoms with van der Waals surface area (Å²) < 4.78 is 68.2. The number of hydrogen-bond acceptors (Lipinski definition) is 15. The van der Waals surface area contributed by atoms with Gasteiger partial charge in [-0.1, -0.05) is 299 Å². The lowest BCUT2D eigenvalue weighted by atomic mass is 10.0. The summed E-state index contributed by atoms with van der Waals surface area (Å²) in [6.45, 7) is 11.7. The molecule has 19 heteroatoms. The van der Waals surface area contributed by atoms with E-state index in [1.807, 2.05) is 0 Å². The van der Waals surface area contributed by atoms with Gasteiger partial charge in [0, 0.05) is 25.7 Å². The van der Waals surface area contributed by atoms with Gasteiger partial charge < -0.3 is 33.8 Å². The van der Waals surface area contributed by atoms with E-state index in [0.29, 0.717) is 37.5 Å². The van der Waals surface area contributed by atoms with Crippen LogP contribution in [0.15, 0.2) is 0 Å². The van der Waals surface area contributed by atoms with Crippen LogP contribution in [0, 0.1) is 17.8 Å². The topological polar surface area (TPSA) is 237 Å². The van der Waals surface area contributed by atoms with E-state index in [2.05, 4.69) is 48.5 Å². The number of phosphoric ester groups is 2. The summed E-state index contributed by atoms with van der Waals surface area (Å²) in [6, 6.07) is 0. The lowest BCUT2D eigenvalue weighted by Crippen LogP contribution is -2.30. The Morgan fingerprint density at radius 3 is 0.764 bits per heavy atom. The van der Waals surface area contributed by atoms with E-state index in [1.165, 1.54) is 154 Å². The molecule has 0 aromatic carbocycles. The Labute approximate surface area is 543 Å². The van der Waals surface area contributed by atoms with Crippen molar-refractivity contribution in [2.24, 2.45) is 17.8 Å². The number of aliphatic hydroxyl groups excluding tert-OH is 1. The van der Waals surface area contributed by atoms with E-state index in [-0.39, 0.29) is 25.7 Å². The van der Waals surface area contributed by atoms with Crippen molar-refractivity contribution < 1.29 is 80.2 Å². The minimum absolute atomic E-state index is 0.101. The molecule has 0 radical (unpaired) electrons. The third kappa shape index (κ3) is 64.6. The number of ether oxygens (including phenoxy) is 4. The summed E-state index contributed by atoms with van der Waals surface area (Å²) in [4.78, 5) is 72.4. The van der Waals surface area contributed by atoms with Crippen molar-refractivity contribution in [3.8, 4) is 0 Å². The summed E-state index contributed by atoms with van der Waals surface area (Å²) in [5.41, 5.74) is 0. The van der Waals surface area contributed by atoms with E-state index in [9.17, 15) is 43.2 Å². The fraction of sp³-hybridized carbons (Fsp3) is 0.943. The Hall–Kier alpha value is -1.94. The highest BCUT2D eigenvalue weighted by molar-refractivity contribution is 7.47. The molecule has 0 fully saturated rings. The van der Waals surface area contributed by atoms with Crippen molar-refractivity contribution in [2.45, 2.75) is 369 Å². The molecule has 0 spiro atoms. The van der Waals surface area contributed by atoms with Gasteiger partial charge in [-0.05, 0) is 43.4 Å². The van der Waals surface area contributed by atoms with E-state index < -0.39 is 97.5 Å². The van der Waals surface area contributed by atoms with Crippen LogP contribution in [-0.4, -0.2) is 96.7 Å². The maximum atomic E-state index is 13.0. The van der Waals surface area contributed by atoms with Gasteiger partial charge in [0.1, 0.15) is 19.3 Å². The van der Waals surface area contributed by atoms with Gasteiger partial charge in [0.05, 0.1) is 26.4 Å². The van der Waals surface area contributed by atoms with E-state index in [4.69, 9.17) is 37.0 Å². The van der Waals surface area contributed by atoms with Crippen LogP contribution in [0.1, 0.15) is 350 Å². The fourth-order valence-corrected chi connectivity index (χ4v) is 12.1. The Bertz CT molecular complexity index is 1750.